The highest BCUT2D eigenvalue weighted by molar-refractivity contribution is 6.08. The van der Waals surface area contributed by atoms with Crippen molar-refractivity contribution >= 4 is 16.8 Å². The summed E-state index contributed by atoms with van der Waals surface area (Å²) < 4.78 is 5.62. The largest absolute Gasteiger partial charge is 0.453 e. The van der Waals surface area contributed by atoms with Crippen LogP contribution in [0.25, 0.3) is 11.0 Å². The van der Waals surface area contributed by atoms with Gasteiger partial charge in [-0.2, -0.15) is 0 Å². The van der Waals surface area contributed by atoms with E-state index in [0.717, 1.165) is 35.8 Å². The second-order valence-electron chi connectivity index (χ2n) is 5.09. The van der Waals surface area contributed by atoms with Crippen LogP contribution in [-0.4, -0.2) is 5.78 Å². The Labute approximate surface area is 106 Å². The summed E-state index contributed by atoms with van der Waals surface area (Å²) in [5.74, 6) is 1.22. The molecule has 0 saturated heterocycles. The van der Waals surface area contributed by atoms with E-state index in [-0.39, 0.29) is 5.78 Å². The Morgan fingerprint density at radius 2 is 2.17 bits per heavy atom. The quantitative estimate of drug-likeness (QED) is 0.730. The lowest BCUT2D eigenvalue weighted by Gasteiger charge is -2.16. The van der Waals surface area contributed by atoms with Gasteiger partial charge >= 0.3 is 0 Å². The predicted octanol–water partition coefficient (Wildman–Crippen LogP) is 4.36. The smallest absolute Gasteiger partial charge is 0.223 e. The Morgan fingerprint density at radius 3 is 2.89 bits per heavy atom. The first kappa shape index (κ1) is 11.3. The zero-order valence-corrected chi connectivity index (χ0v) is 10.5. The van der Waals surface area contributed by atoms with Crippen molar-refractivity contribution in [3.8, 4) is 0 Å². The lowest BCUT2D eigenvalue weighted by atomic mass is 9.89. The summed E-state index contributed by atoms with van der Waals surface area (Å²) in [6.07, 6.45) is 5.04. The number of allylic oxidation sites excluding steroid dienone is 2. The number of ketones is 1. The maximum Gasteiger partial charge on any atom is 0.223 e. The minimum absolute atomic E-state index is 0.0538. The molecule has 2 aromatic rings. The van der Waals surface area contributed by atoms with Crippen LogP contribution in [0.15, 0.2) is 46.4 Å². The molecule has 1 aromatic carbocycles. The van der Waals surface area contributed by atoms with Crippen molar-refractivity contribution in [1.29, 1.82) is 0 Å². The van der Waals surface area contributed by atoms with Crippen LogP contribution in [0, 0.1) is 5.92 Å². The van der Waals surface area contributed by atoms with E-state index < -0.39 is 0 Å². The Morgan fingerprint density at radius 1 is 1.33 bits per heavy atom. The Kier molecular flexibility index (Phi) is 2.78. The van der Waals surface area contributed by atoms with Crippen LogP contribution in [0.1, 0.15) is 36.7 Å². The third kappa shape index (κ3) is 1.99. The van der Waals surface area contributed by atoms with E-state index in [1.807, 2.05) is 30.3 Å². The summed E-state index contributed by atoms with van der Waals surface area (Å²) in [7, 11) is 0. The van der Waals surface area contributed by atoms with Gasteiger partial charge in [-0.05, 0) is 42.9 Å². The molecule has 92 valence electrons. The van der Waals surface area contributed by atoms with E-state index in [0.29, 0.717) is 11.7 Å². The molecule has 2 nitrogen and oxygen atoms in total. The molecule has 1 aromatic heterocycles. The number of para-hydroxylation sites is 1. The van der Waals surface area contributed by atoms with Gasteiger partial charge in [0.05, 0.1) is 0 Å². The number of Topliss-reactive ketones (excluding diaryl/α,β-unsaturated/α-hetero) is 1. The van der Waals surface area contributed by atoms with Gasteiger partial charge in [0.2, 0.25) is 5.78 Å². The van der Waals surface area contributed by atoms with E-state index in [1.54, 1.807) is 0 Å². The number of fused-ring (bicyclic) bond motifs is 1. The van der Waals surface area contributed by atoms with Gasteiger partial charge in [-0.25, -0.2) is 0 Å². The van der Waals surface area contributed by atoms with Gasteiger partial charge in [-0.15, -0.1) is 0 Å². The fourth-order valence-electron chi connectivity index (χ4n) is 2.42. The number of hydrogen-bond donors (Lipinski definition) is 0. The van der Waals surface area contributed by atoms with Gasteiger partial charge in [0.15, 0.2) is 5.76 Å². The van der Waals surface area contributed by atoms with Gasteiger partial charge in [-0.3, -0.25) is 4.79 Å². The van der Waals surface area contributed by atoms with Crippen molar-refractivity contribution in [2.75, 3.05) is 0 Å². The summed E-state index contributed by atoms with van der Waals surface area (Å²) in [6, 6.07) is 9.57. The fraction of sp³-hybridized carbons (Fsp3) is 0.312. The van der Waals surface area contributed by atoms with Crippen molar-refractivity contribution in [3.63, 3.8) is 0 Å². The molecule has 0 fully saturated rings. The molecule has 0 spiro atoms. The zero-order chi connectivity index (χ0) is 12.5. The van der Waals surface area contributed by atoms with Crippen LogP contribution in [0.4, 0.5) is 0 Å². The molecule has 0 radical (unpaired) electrons. The van der Waals surface area contributed by atoms with Gasteiger partial charge in [0, 0.05) is 5.39 Å². The molecule has 1 unspecified atom stereocenters. The average molecular weight is 240 g/mol. The number of carbonyl (C=O) groups excluding carboxylic acids is 1. The SMILES string of the molecule is CC1CC=C(C(=O)c2cc3ccccc3o2)CC1. The van der Waals surface area contributed by atoms with Crippen LogP contribution in [-0.2, 0) is 0 Å². The molecular weight excluding hydrogens is 224 g/mol. The average Bonchev–Trinajstić information content (AvgIpc) is 2.82. The fourth-order valence-corrected chi connectivity index (χ4v) is 2.42. The van der Waals surface area contributed by atoms with Gasteiger partial charge < -0.3 is 4.42 Å². The monoisotopic (exact) mass is 240 g/mol. The summed E-state index contributed by atoms with van der Waals surface area (Å²) >= 11 is 0. The lowest BCUT2D eigenvalue weighted by molar-refractivity contribution is 0.0999. The maximum atomic E-state index is 12.3. The van der Waals surface area contributed by atoms with Crippen LogP contribution < -0.4 is 0 Å². The summed E-state index contributed by atoms with van der Waals surface area (Å²) in [4.78, 5) is 12.3. The molecule has 3 rings (SSSR count). The van der Waals surface area contributed by atoms with E-state index in [9.17, 15) is 4.79 Å². The first-order valence-corrected chi connectivity index (χ1v) is 6.46. The van der Waals surface area contributed by atoms with Crippen LogP contribution in [0.3, 0.4) is 0 Å². The van der Waals surface area contributed by atoms with Gasteiger partial charge in [0.1, 0.15) is 5.58 Å². The van der Waals surface area contributed by atoms with E-state index in [1.165, 1.54) is 0 Å². The zero-order valence-electron chi connectivity index (χ0n) is 10.5. The maximum absolute atomic E-state index is 12.3. The molecule has 0 amide bonds. The van der Waals surface area contributed by atoms with E-state index >= 15 is 0 Å². The predicted molar refractivity (Wildman–Crippen MR) is 71.6 cm³/mol. The Balaban J connectivity index is 1.92. The van der Waals surface area contributed by atoms with E-state index in [2.05, 4.69) is 13.0 Å². The number of carbonyl (C=O) groups is 1. The molecule has 1 atom stereocenters. The van der Waals surface area contributed by atoms with Crippen molar-refractivity contribution < 1.29 is 9.21 Å². The van der Waals surface area contributed by atoms with Crippen molar-refractivity contribution in [3.05, 3.63) is 47.7 Å². The molecule has 1 heterocycles. The summed E-state index contributed by atoms with van der Waals surface area (Å²) in [6.45, 7) is 2.22. The molecular formula is C16H16O2. The van der Waals surface area contributed by atoms with Crippen molar-refractivity contribution in [1.82, 2.24) is 0 Å². The van der Waals surface area contributed by atoms with E-state index in [4.69, 9.17) is 4.42 Å². The molecule has 0 N–H and O–H groups in total. The summed E-state index contributed by atoms with van der Waals surface area (Å²) in [5.41, 5.74) is 1.69. The van der Waals surface area contributed by atoms with Crippen LogP contribution >= 0.6 is 0 Å². The standard InChI is InChI=1S/C16H16O2/c1-11-6-8-12(9-7-11)16(17)15-10-13-4-2-3-5-14(13)18-15/h2-5,8,10-11H,6-7,9H2,1H3. The Hall–Kier alpha value is -1.83. The number of hydrogen-bond acceptors (Lipinski definition) is 2. The number of benzene rings is 1. The summed E-state index contributed by atoms with van der Waals surface area (Å²) in [5, 5.41) is 0.991. The first-order valence-electron chi connectivity index (χ1n) is 6.46. The number of furan rings is 1. The highest BCUT2D eigenvalue weighted by atomic mass is 16.3. The van der Waals surface area contributed by atoms with Crippen LogP contribution in [0.2, 0.25) is 0 Å². The number of rotatable bonds is 2. The second-order valence-corrected chi connectivity index (χ2v) is 5.09. The highest BCUT2D eigenvalue weighted by Crippen LogP contribution is 2.27. The van der Waals surface area contributed by atoms with Crippen molar-refractivity contribution in [2.45, 2.75) is 26.2 Å². The third-order valence-electron chi connectivity index (χ3n) is 3.61. The van der Waals surface area contributed by atoms with Crippen LogP contribution in [0.5, 0.6) is 0 Å². The lowest BCUT2D eigenvalue weighted by Crippen LogP contribution is -2.09. The normalized spacial score (nSPS) is 19.8. The molecule has 18 heavy (non-hydrogen) atoms. The highest BCUT2D eigenvalue weighted by Gasteiger charge is 2.20. The van der Waals surface area contributed by atoms with Crippen molar-refractivity contribution in [2.24, 2.45) is 5.92 Å². The molecule has 0 bridgehead atoms. The minimum atomic E-state index is 0.0538. The molecule has 0 aliphatic heterocycles. The molecule has 2 heteroatoms. The molecule has 1 aliphatic carbocycles. The molecule has 0 saturated carbocycles. The van der Waals surface area contributed by atoms with Gasteiger partial charge in [-0.1, -0.05) is 31.2 Å². The molecule has 1 aliphatic rings. The minimum Gasteiger partial charge on any atom is -0.453 e. The van der Waals surface area contributed by atoms with Gasteiger partial charge in [0.25, 0.3) is 0 Å². The first-order chi connectivity index (χ1) is 8.74. The third-order valence-corrected chi connectivity index (χ3v) is 3.61. The Bertz CT molecular complexity index is 586. The second kappa shape index (κ2) is 4.45. The topological polar surface area (TPSA) is 30.2 Å².